The van der Waals surface area contributed by atoms with Crippen molar-refractivity contribution in [2.45, 2.75) is 13.5 Å². The first-order valence-corrected chi connectivity index (χ1v) is 6.95. The minimum absolute atomic E-state index is 0.179. The topological polar surface area (TPSA) is 75.0 Å². The lowest BCUT2D eigenvalue weighted by molar-refractivity contribution is 0.0781. The van der Waals surface area contributed by atoms with E-state index in [0.29, 0.717) is 17.9 Å². The van der Waals surface area contributed by atoms with Crippen molar-refractivity contribution in [2.75, 3.05) is 12.8 Å². The molecule has 0 aliphatic carbocycles. The van der Waals surface area contributed by atoms with Crippen LogP contribution in [0.5, 0.6) is 0 Å². The zero-order valence-electron chi connectivity index (χ0n) is 10.0. The van der Waals surface area contributed by atoms with Crippen molar-refractivity contribution in [3.8, 4) is 0 Å². The third-order valence-corrected chi connectivity index (χ3v) is 4.24. The first-order chi connectivity index (χ1) is 8.49. The van der Waals surface area contributed by atoms with Gasteiger partial charge in [-0.3, -0.25) is 9.89 Å². The maximum absolute atomic E-state index is 12.1. The number of thiophene rings is 1. The van der Waals surface area contributed by atoms with Crippen molar-refractivity contribution in [1.29, 1.82) is 0 Å². The highest BCUT2D eigenvalue weighted by Gasteiger charge is 2.19. The van der Waals surface area contributed by atoms with Crippen LogP contribution in [0, 0.1) is 6.92 Å². The Balaban J connectivity index is 2.12. The summed E-state index contributed by atoms with van der Waals surface area (Å²) in [5, 5.41) is 8.64. The molecule has 7 heteroatoms. The molecule has 0 aliphatic rings. The second-order valence-corrected chi connectivity index (χ2v) is 5.91. The Labute approximate surface area is 117 Å². The van der Waals surface area contributed by atoms with Crippen LogP contribution in [-0.2, 0) is 6.54 Å². The van der Waals surface area contributed by atoms with Gasteiger partial charge in [0, 0.05) is 21.8 Å². The van der Waals surface area contributed by atoms with Gasteiger partial charge in [-0.25, -0.2) is 0 Å². The molecule has 0 saturated heterocycles. The van der Waals surface area contributed by atoms with Crippen molar-refractivity contribution in [1.82, 2.24) is 15.1 Å². The predicted molar refractivity (Wildman–Crippen MR) is 75.6 cm³/mol. The number of aromatic nitrogens is 2. The molecule has 1 amide bonds. The molecule has 2 rings (SSSR count). The Morgan fingerprint density at radius 1 is 1.67 bits per heavy atom. The van der Waals surface area contributed by atoms with Gasteiger partial charge < -0.3 is 10.6 Å². The van der Waals surface area contributed by atoms with Crippen molar-refractivity contribution in [2.24, 2.45) is 0 Å². The molecule has 2 heterocycles. The maximum atomic E-state index is 12.1. The molecule has 0 unspecified atom stereocenters. The van der Waals surface area contributed by atoms with E-state index in [1.807, 2.05) is 11.4 Å². The maximum Gasteiger partial charge on any atom is 0.276 e. The van der Waals surface area contributed by atoms with Crippen LogP contribution >= 0.6 is 27.3 Å². The van der Waals surface area contributed by atoms with E-state index in [1.165, 1.54) is 0 Å². The monoisotopic (exact) mass is 328 g/mol. The van der Waals surface area contributed by atoms with Crippen LogP contribution < -0.4 is 5.73 Å². The van der Waals surface area contributed by atoms with E-state index in [2.05, 4.69) is 26.1 Å². The second kappa shape index (κ2) is 5.11. The van der Waals surface area contributed by atoms with Gasteiger partial charge in [0.25, 0.3) is 5.91 Å². The molecule has 0 spiro atoms. The van der Waals surface area contributed by atoms with Gasteiger partial charge in [-0.1, -0.05) is 0 Å². The van der Waals surface area contributed by atoms with E-state index < -0.39 is 0 Å². The zero-order valence-corrected chi connectivity index (χ0v) is 12.4. The molecule has 0 saturated carbocycles. The average Bonchev–Trinajstić information content (AvgIpc) is 2.87. The van der Waals surface area contributed by atoms with Crippen molar-refractivity contribution in [3.05, 3.63) is 32.2 Å². The molecular formula is C11H13BrN4OS. The lowest BCUT2D eigenvalue weighted by atomic mass is 10.3. The second-order valence-electron chi connectivity index (χ2n) is 4.00. The Kier molecular flexibility index (Phi) is 3.72. The number of nitrogen functional groups attached to an aromatic ring is 1. The molecular weight excluding hydrogens is 316 g/mol. The average molecular weight is 329 g/mol. The van der Waals surface area contributed by atoms with Crippen LogP contribution in [0.25, 0.3) is 0 Å². The number of amides is 1. The van der Waals surface area contributed by atoms with Gasteiger partial charge in [0.2, 0.25) is 0 Å². The van der Waals surface area contributed by atoms with Gasteiger partial charge in [-0.2, -0.15) is 5.10 Å². The fourth-order valence-corrected chi connectivity index (χ4v) is 3.03. The Morgan fingerprint density at radius 2 is 2.39 bits per heavy atom. The van der Waals surface area contributed by atoms with Crippen molar-refractivity contribution >= 4 is 38.9 Å². The molecule has 2 aromatic rings. The molecule has 0 radical (unpaired) electrons. The lowest BCUT2D eigenvalue weighted by Crippen LogP contribution is -2.26. The summed E-state index contributed by atoms with van der Waals surface area (Å²) in [6.45, 7) is 2.33. The lowest BCUT2D eigenvalue weighted by Gasteiger charge is -2.14. The number of nitrogens with zero attached hydrogens (tertiary/aromatic N) is 2. The number of H-pyrrole nitrogens is 1. The van der Waals surface area contributed by atoms with Crippen LogP contribution in [0.3, 0.4) is 0 Å². The van der Waals surface area contributed by atoms with Crippen molar-refractivity contribution < 1.29 is 4.79 Å². The summed E-state index contributed by atoms with van der Waals surface area (Å²) in [6, 6.07) is 1.99. The summed E-state index contributed by atoms with van der Waals surface area (Å²) in [5.74, 6) is -0.179. The number of halogens is 1. The van der Waals surface area contributed by atoms with E-state index in [9.17, 15) is 4.79 Å². The fourth-order valence-electron chi connectivity index (χ4n) is 1.52. The van der Waals surface area contributed by atoms with E-state index in [1.54, 1.807) is 30.2 Å². The highest BCUT2D eigenvalue weighted by Crippen LogP contribution is 2.22. The third kappa shape index (κ3) is 2.56. The Bertz CT molecular complexity index is 577. The Hall–Kier alpha value is -1.34. The molecule has 0 fully saturated rings. The summed E-state index contributed by atoms with van der Waals surface area (Å²) in [5.41, 5.74) is 7.21. The minimum atomic E-state index is -0.179. The smallest absolute Gasteiger partial charge is 0.276 e. The molecule has 96 valence electrons. The number of aromatic amines is 1. The first kappa shape index (κ1) is 13.1. The number of hydrogen-bond acceptors (Lipinski definition) is 4. The number of aryl methyl sites for hydroxylation is 1. The summed E-state index contributed by atoms with van der Waals surface area (Å²) in [7, 11) is 1.74. The number of anilines is 1. The van der Waals surface area contributed by atoms with E-state index >= 15 is 0 Å². The molecule has 2 aromatic heterocycles. The molecule has 0 atom stereocenters. The van der Waals surface area contributed by atoms with E-state index in [4.69, 9.17) is 5.73 Å². The standard InChI is InChI=1S/C11H13BrN4OS/c1-6-9(13)10(15-14-6)11(17)16(2)4-8-3-7(12)5-18-8/h3,5H,4,13H2,1-2H3,(H,14,15). The molecule has 5 nitrogen and oxygen atoms in total. The van der Waals surface area contributed by atoms with Crippen LogP contribution in [-0.4, -0.2) is 28.1 Å². The van der Waals surface area contributed by atoms with Gasteiger partial charge in [0.05, 0.1) is 17.9 Å². The summed E-state index contributed by atoms with van der Waals surface area (Å²) >= 11 is 4.99. The molecule has 3 N–H and O–H groups in total. The number of carbonyl (C=O) groups is 1. The highest BCUT2D eigenvalue weighted by atomic mass is 79.9. The highest BCUT2D eigenvalue weighted by molar-refractivity contribution is 9.10. The number of hydrogen-bond donors (Lipinski definition) is 2. The quantitative estimate of drug-likeness (QED) is 0.908. The van der Waals surface area contributed by atoms with Crippen LogP contribution in [0.1, 0.15) is 21.1 Å². The molecule has 0 aromatic carbocycles. The number of carbonyl (C=O) groups excluding carboxylic acids is 1. The zero-order chi connectivity index (χ0) is 13.3. The molecule has 18 heavy (non-hydrogen) atoms. The molecule has 0 bridgehead atoms. The molecule has 0 aliphatic heterocycles. The van der Waals surface area contributed by atoms with E-state index in [0.717, 1.165) is 9.35 Å². The first-order valence-electron chi connectivity index (χ1n) is 5.28. The van der Waals surface area contributed by atoms with Gasteiger partial charge in [-0.15, -0.1) is 11.3 Å². The Morgan fingerprint density at radius 3 is 2.89 bits per heavy atom. The van der Waals surface area contributed by atoms with Crippen LogP contribution in [0.2, 0.25) is 0 Å². The summed E-state index contributed by atoms with van der Waals surface area (Å²) < 4.78 is 1.03. The fraction of sp³-hybridized carbons (Fsp3) is 0.273. The van der Waals surface area contributed by atoms with Gasteiger partial charge in [0.15, 0.2) is 5.69 Å². The van der Waals surface area contributed by atoms with Crippen molar-refractivity contribution in [3.63, 3.8) is 0 Å². The SMILES string of the molecule is Cc1[nH]nc(C(=O)N(C)Cc2cc(Br)cs2)c1N. The van der Waals surface area contributed by atoms with Crippen LogP contribution in [0.15, 0.2) is 15.9 Å². The van der Waals surface area contributed by atoms with E-state index in [-0.39, 0.29) is 11.6 Å². The summed E-state index contributed by atoms with van der Waals surface area (Å²) in [6.07, 6.45) is 0. The van der Waals surface area contributed by atoms with Gasteiger partial charge >= 0.3 is 0 Å². The van der Waals surface area contributed by atoms with Gasteiger partial charge in [-0.05, 0) is 28.9 Å². The normalized spacial score (nSPS) is 10.6. The van der Waals surface area contributed by atoms with Gasteiger partial charge in [0.1, 0.15) is 0 Å². The number of rotatable bonds is 3. The number of nitrogens with two attached hydrogens (primary N) is 1. The summed E-state index contributed by atoms with van der Waals surface area (Å²) in [4.78, 5) is 14.8. The predicted octanol–water partition coefficient (Wildman–Crippen LogP) is 2.40. The number of nitrogens with one attached hydrogen (secondary N) is 1. The third-order valence-electron chi connectivity index (χ3n) is 2.56. The van der Waals surface area contributed by atoms with Crippen LogP contribution in [0.4, 0.5) is 5.69 Å². The largest absolute Gasteiger partial charge is 0.395 e. The minimum Gasteiger partial charge on any atom is -0.395 e.